The molecule has 5 heteroatoms. The predicted molar refractivity (Wildman–Crippen MR) is 60.5 cm³/mol. The van der Waals surface area contributed by atoms with Gasteiger partial charge in [-0.15, -0.1) is 5.91 Å². The zero-order valence-electron chi connectivity index (χ0n) is 9.96. The molecule has 0 aromatic heterocycles. The number of hydrogen-bond donors (Lipinski definition) is 1. The van der Waals surface area contributed by atoms with Crippen LogP contribution >= 0.6 is 0 Å². The van der Waals surface area contributed by atoms with Gasteiger partial charge in [-0.3, -0.25) is 0 Å². The standard InChI is InChI=1S/C13H15NO4/c15-12(16)10-4-6-11(7-5-10)13(17,18)14-8-2-1-3-9-14/h4-7H,1-3,8-9H2,(H,15,16)/q-2. The minimum absolute atomic E-state index is 0.0770. The van der Waals surface area contributed by atoms with Gasteiger partial charge in [0.1, 0.15) is 0 Å². The van der Waals surface area contributed by atoms with Gasteiger partial charge >= 0.3 is 5.97 Å². The molecule has 1 saturated heterocycles. The zero-order valence-corrected chi connectivity index (χ0v) is 9.96. The Morgan fingerprint density at radius 1 is 1.11 bits per heavy atom. The Labute approximate surface area is 105 Å². The minimum Gasteiger partial charge on any atom is -0.848 e. The monoisotopic (exact) mass is 249 g/mol. The average Bonchev–Trinajstić information content (AvgIpc) is 2.40. The number of piperidine rings is 1. The first-order valence-electron chi connectivity index (χ1n) is 6.01. The van der Waals surface area contributed by atoms with Gasteiger partial charge in [0, 0.05) is 0 Å². The van der Waals surface area contributed by atoms with Gasteiger partial charge in [-0.1, -0.05) is 24.1 Å². The van der Waals surface area contributed by atoms with Crippen molar-refractivity contribution in [2.45, 2.75) is 25.2 Å². The molecule has 1 N–H and O–H groups in total. The van der Waals surface area contributed by atoms with Crippen molar-refractivity contribution in [3.05, 3.63) is 35.4 Å². The van der Waals surface area contributed by atoms with E-state index in [1.165, 1.54) is 29.2 Å². The van der Waals surface area contributed by atoms with Crippen LogP contribution in [0.2, 0.25) is 0 Å². The molecular weight excluding hydrogens is 234 g/mol. The molecule has 0 atom stereocenters. The highest BCUT2D eigenvalue weighted by Crippen LogP contribution is 2.21. The fraction of sp³-hybridized carbons (Fsp3) is 0.462. The smallest absolute Gasteiger partial charge is 0.335 e. The molecule has 1 heterocycles. The number of benzene rings is 1. The molecule has 0 unspecified atom stereocenters. The van der Waals surface area contributed by atoms with Gasteiger partial charge in [0.25, 0.3) is 0 Å². The molecule has 0 amide bonds. The fourth-order valence-corrected chi connectivity index (χ4v) is 2.19. The van der Waals surface area contributed by atoms with Crippen LogP contribution in [0.1, 0.15) is 35.2 Å². The van der Waals surface area contributed by atoms with Crippen molar-refractivity contribution in [2.75, 3.05) is 13.1 Å². The zero-order chi connectivity index (χ0) is 13.2. The third kappa shape index (κ3) is 2.53. The van der Waals surface area contributed by atoms with Crippen molar-refractivity contribution in [1.82, 2.24) is 4.90 Å². The van der Waals surface area contributed by atoms with E-state index >= 15 is 0 Å². The van der Waals surface area contributed by atoms with Crippen LogP contribution in [-0.2, 0) is 5.91 Å². The van der Waals surface area contributed by atoms with Gasteiger partial charge in [-0.05, 0) is 38.1 Å². The second-order valence-corrected chi connectivity index (χ2v) is 4.51. The first-order chi connectivity index (χ1) is 8.51. The van der Waals surface area contributed by atoms with Crippen molar-refractivity contribution in [2.24, 2.45) is 0 Å². The molecule has 0 aliphatic carbocycles. The van der Waals surface area contributed by atoms with Crippen molar-refractivity contribution in [1.29, 1.82) is 0 Å². The topological polar surface area (TPSA) is 86.7 Å². The van der Waals surface area contributed by atoms with Gasteiger partial charge in [-0.25, -0.2) is 4.79 Å². The van der Waals surface area contributed by atoms with Crippen molar-refractivity contribution >= 4 is 5.97 Å². The highest BCUT2D eigenvalue weighted by atomic mass is 16.5. The lowest BCUT2D eigenvalue weighted by atomic mass is 10.0. The van der Waals surface area contributed by atoms with Crippen LogP contribution in [0.4, 0.5) is 0 Å². The maximum Gasteiger partial charge on any atom is 0.335 e. The number of carbonyl (C=O) groups is 1. The quantitative estimate of drug-likeness (QED) is 0.743. The van der Waals surface area contributed by atoms with E-state index in [4.69, 9.17) is 5.11 Å². The molecule has 0 spiro atoms. The van der Waals surface area contributed by atoms with Gasteiger partial charge in [-0.2, -0.15) is 0 Å². The predicted octanol–water partition coefficient (Wildman–Crippen LogP) is -0.298. The number of carboxylic acid groups (broad SMARTS) is 1. The van der Waals surface area contributed by atoms with Crippen LogP contribution in [0.25, 0.3) is 0 Å². The lowest BCUT2D eigenvalue weighted by Gasteiger charge is -2.58. The van der Waals surface area contributed by atoms with Gasteiger partial charge in [0.2, 0.25) is 0 Å². The maximum absolute atomic E-state index is 12.2. The average molecular weight is 249 g/mol. The normalized spacial score (nSPS) is 17.7. The molecule has 1 aromatic rings. The lowest BCUT2D eigenvalue weighted by molar-refractivity contribution is -0.771. The SMILES string of the molecule is O=C(O)c1ccc(C([O-])([O-])N2CCCCC2)cc1. The Bertz CT molecular complexity index is 421. The second kappa shape index (κ2) is 5.06. The minimum atomic E-state index is -2.52. The molecule has 0 saturated carbocycles. The highest BCUT2D eigenvalue weighted by Gasteiger charge is 2.18. The number of likely N-dealkylation sites (tertiary alicyclic amines) is 1. The molecule has 1 fully saturated rings. The Hall–Kier alpha value is -1.43. The summed E-state index contributed by atoms with van der Waals surface area (Å²) in [6.45, 7) is 1.02. The second-order valence-electron chi connectivity index (χ2n) is 4.51. The Morgan fingerprint density at radius 2 is 1.67 bits per heavy atom. The molecule has 1 aliphatic rings. The number of nitrogens with zero attached hydrogens (tertiary/aromatic N) is 1. The molecule has 5 nitrogen and oxygen atoms in total. The number of carboxylic acids is 1. The van der Waals surface area contributed by atoms with Crippen LogP contribution in [0.15, 0.2) is 24.3 Å². The number of rotatable bonds is 3. The first kappa shape index (κ1) is 13.0. The molecule has 1 aromatic carbocycles. The largest absolute Gasteiger partial charge is 0.848 e. The van der Waals surface area contributed by atoms with E-state index in [0.29, 0.717) is 13.1 Å². The summed E-state index contributed by atoms with van der Waals surface area (Å²) in [5.74, 6) is -3.58. The van der Waals surface area contributed by atoms with Gasteiger partial charge in [0.15, 0.2) is 0 Å². The van der Waals surface area contributed by atoms with Crippen LogP contribution in [0, 0.1) is 0 Å². The van der Waals surface area contributed by atoms with Crippen LogP contribution < -0.4 is 10.2 Å². The molecule has 0 bridgehead atoms. The summed E-state index contributed by atoms with van der Waals surface area (Å²) >= 11 is 0. The van der Waals surface area contributed by atoms with Crippen molar-refractivity contribution < 1.29 is 20.1 Å². The first-order valence-corrected chi connectivity index (χ1v) is 6.01. The van der Waals surface area contributed by atoms with Gasteiger partial charge < -0.3 is 20.2 Å². The number of aromatic carboxylic acids is 1. The van der Waals surface area contributed by atoms with E-state index < -0.39 is 11.9 Å². The van der Waals surface area contributed by atoms with E-state index in [9.17, 15) is 15.0 Å². The lowest BCUT2D eigenvalue weighted by Crippen LogP contribution is -2.66. The summed E-state index contributed by atoms with van der Waals surface area (Å²) in [6, 6.07) is 5.23. The van der Waals surface area contributed by atoms with E-state index in [1.807, 2.05) is 0 Å². The van der Waals surface area contributed by atoms with E-state index in [1.54, 1.807) is 0 Å². The summed E-state index contributed by atoms with van der Waals surface area (Å²) < 4.78 is 0. The van der Waals surface area contributed by atoms with Gasteiger partial charge in [0.05, 0.1) is 5.56 Å². The molecular formula is C13H15NO4-2. The fourth-order valence-electron chi connectivity index (χ4n) is 2.19. The Kier molecular flexibility index (Phi) is 3.65. The summed E-state index contributed by atoms with van der Waals surface area (Å²) in [4.78, 5) is 12.1. The van der Waals surface area contributed by atoms with E-state index in [-0.39, 0.29) is 11.1 Å². The highest BCUT2D eigenvalue weighted by molar-refractivity contribution is 5.87. The Balaban J connectivity index is 2.20. The van der Waals surface area contributed by atoms with Crippen LogP contribution in [-0.4, -0.2) is 29.1 Å². The maximum atomic E-state index is 12.2. The van der Waals surface area contributed by atoms with Crippen LogP contribution in [0.5, 0.6) is 0 Å². The number of hydrogen-bond acceptors (Lipinski definition) is 4. The van der Waals surface area contributed by atoms with E-state index in [0.717, 1.165) is 19.3 Å². The molecule has 1 aliphatic heterocycles. The molecule has 18 heavy (non-hydrogen) atoms. The third-order valence-electron chi connectivity index (χ3n) is 3.27. The summed E-state index contributed by atoms with van der Waals surface area (Å²) in [6.07, 6.45) is 2.77. The van der Waals surface area contributed by atoms with E-state index in [2.05, 4.69) is 0 Å². The van der Waals surface area contributed by atoms with Crippen molar-refractivity contribution in [3.8, 4) is 0 Å². The molecule has 2 rings (SSSR count). The summed E-state index contributed by atoms with van der Waals surface area (Å²) in [5.41, 5.74) is 0.155. The summed E-state index contributed by atoms with van der Waals surface area (Å²) in [5, 5.41) is 33.1. The Morgan fingerprint density at radius 3 is 2.17 bits per heavy atom. The summed E-state index contributed by atoms with van der Waals surface area (Å²) in [7, 11) is 0. The van der Waals surface area contributed by atoms with Crippen LogP contribution in [0.3, 0.4) is 0 Å². The molecule has 98 valence electrons. The molecule has 0 radical (unpaired) electrons. The third-order valence-corrected chi connectivity index (χ3v) is 3.27. The van der Waals surface area contributed by atoms with Crippen molar-refractivity contribution in [3.63, 3.8) is 0 Å².